The van der Waals surface area contributed by atoms with Crippen molar-refractivity contribution >= 4 is 40.2 Å². The molecule has 5 rings (SSSR count). The molecule has 0 unspecified atom stereocenters. The Kier molecular flexibility index (Phi) is 4.23. The van der Waals surface area contributed by atoms with E-state index in [-0.39, 0.29) is 0 Å². The van der Waals surface area contributed by atoms with Gasteiger partial charge in [0.05, 0.1) is 23.6 Å². The van der Waals surface area contributed by atoms with E-state index in [2.05, 4.69) is 0 Å². The lowest BCUT2D eigenvalue weighted by molar-refractivity contribution is -0.226. The first-order valence-corrected chi connectivity index (χ1v) is 9.90. The second-order valence-corrected chi connectivity index (χ2v) is 7.86. The van der Waals surface area contributed by atoms with Gasteiger partial charge in [-0.25, -0.2) is 4.90 Å². The highest BCUT2D eigenvalue weighted by atomic mass is 16.7. The molecule has 4 atom stereocenters. The van der Waals surface area contributed by atoms with Crippen molar-refractivity contribution in [2.45, 2.75) is 31.8 Å². The summed E-state index contributed by atoms with van der Waals surface area (Å²) in [4.78, 5) is 51.6. The molecule has 3 aliphatic rings. The molecule has 2 saturated heterocycles. The molecular formula is C23H19NO7. The van der Waals surface area contributed by atoms with E-state index < -0.39 is 53.6 Å². The van der Waals surface area contributed by atoms with Crippen LogP contribution in [0.2, 0.25) is 0 Å². The van der Waals surface area contributed by atoms with Gasteiger partial charge in [0.1, 0.15) is 0 Å². The van der Waals surface area contributed by atoms with Crippen molar-refractivity contribution < 1.29 is 33.4 Å². The Morgan fingerprint density at radius 1 is 1.00 bits per heavy atom. The zero-order chi connectivity index (χ0) is 21.9. The summed E-state index contributed by atoms with van der Waals surface area (Å²) >= 11 is 0. The predicted molar refractivity (Wildman–Crippen MR) is 107 cm³/mol. The van der Waals surface area contributed by atoms with Gasteiger partial charge in [0.25, 0.3) is 6.29 Å². The number of rotatable bonds is 4. The molecule has 0 N–H and O–H groups in total. The van der Waals surface area contributed by atoms with Gasteiger partial charge in [-0.3, -0.25) is 19.2 Å². The Balaban J connectivity index is 1.60. The number of amides is 2. The van der Waals surface area contributed by atoms with Gasteiger partial charge in [-0.05, 0) is 17.5 Å². The second-order valence-electron chi connectivity index (χ2n) is 7.86. The van der Waals surface area contributed by atoms with Crippen molar-refractivity contribution in [3.8, 4) is 0 Å². The molecule has 0 spiro atoms. The molecule has 2 bridgehead atoms. The summed E-state index contributed by atoms with van der Waals surface area (Å²) in [6, 6.07) is 12.9. The van der Waals surface area contributed by atoms with Crippen LogP contribution in [0.5, 0.6) is 0 Å². The number of imide groups is 1. The van der Waals surface area contributed by atoms with Crippen molar-refractivity contribution in [3.05, 3.63) is 54.6 Å². The minimum atomic E-state index is -1.56. The summed E-state index contributed by atoms with van der Waals surface area (Å²) in [6.07, 6.45) is 1.05. The quantitative estimate of drug-likeness (QED) is 0.323. The Hall–Kier alpha value is -3.52. The maximum absolute atomic E-state index is 13.6. The molecule has 0 aromatic heterocycles. The van der Waals surface area contributed by atoms with E-state index in [1.165, 1.54) is 18.7 Å². The number of fused-ring (bicyclic) bond motifs is 6. The number of carbonyl (C=O) groups excluding carboxylic acids is 4. The highest BCUT2D eigenvalue weighted by Gasteiger charge is 2.72. The number of anilines is 1. The third kappa shape index (κ3) is 2.71. The molecule has 2 aromatic carbocycles. The average molecular weight is 421 g/mol. The van der Waals surface area contributed by atoms with Gasteiger partial charge >= 0.3 is 11.9 Å². The van der Waals surface area contributed by atoms with Crippen molar-refractivity contribution in [3.63, 3.8) is 0 Å². The SMILES string of the molecule is CC(=O)OC(OC(C)=O)[C@@]12C=C[C@H](O1)[C@@H]1C(=O)N(c3cccc4ccccc34)C(=O)[C@@H]12. The van der Waals surface area contributed by atoms with Gasteiger partial charge in [0, 0.05) is 19.2 Å². The number of hydrogen-bond donors (Lipinski definition) is 0. The Labute approximate surface area is 177 Å². The Bertz CT molecular complexity index is 1150. The van der Waals surface area contributed by atoms with Gasteiger partial charge in [-0.1, -0.05) is 42.5 Å². The van der Waals surface area contributed by atoms with E-state index in [1.807, 2.05) is 30.3 Å². The van der Waals surface area contributed by atoms with Crippen LogP contribution in [0.3, 0.4) is 0 Å². The molecule has 31 heavy (non-hydrogen) atoms. The van der Waals surface area contributed by atoms with Crippen LogP contribution in [-0.4, -0.2) is 41.7 Å². The number of carbonyl (C=O) groups is 4. The zero-order valence-electron chi connectivity index (χ0n) is 16.8. The average Bonchev–Trinajstić information content (AvgIpc) is 3.38. The third-order valence-electron chi connectivity index (χ3n) is 6.00. The monoisotopic (exact) mass is 421 g/mol. The van der Waals surface area contributed by atoms with Crippen molar-refractivity contribution in [1.29, 1.82) is 0 Å². The fourth-order valence-electron chi connectivity index (χ4n) is 4.86. The van der Waals surface area contributed by atoms with E-state index in [1.54, 1.807) is 24.3 Å². The van der Waals surface area contributed by atoms with E-state index in [0.29, 0.717) is 5.69 Å². The highest BCUT2D eigenvalue weighted by Crippen LogP contribution is 2.55. The molecule has 0 aliphatic carbocycles. The molecule has 2 aromatic rings. The van der Waals surface area contributed by atoms with Crippen LogP contribution < -0.4 is 4.90 Å². The van der Waals surface area contributed by atoms with Gasteiger partial charge in [-0.2, -0.15) is 0 Å². The van der Waals surface area contributed by atoms with Crippen molar-refractivity contribution in [2.24, 2.45) is 11.8 Å². The summed E-state index contributed by atoms with van der Waals surface area (Å²) in [5, 5.41) is 1.65. The predicted octanol–water partition coefficient (Wildman–Crippen LogP) is 2.11. The molecule has 158 valence electrons. The van der Waals surface area contributed by atoms with Crippen molar-refractivity contribution in [1.82, 2.24) is 0 Å². The minimum absolute atomic E-state index is 0.396. The zero-order valence-corrected chi connectivity index (χ0v) is 16.8. The van der Waals surface area contributed by atoms with Gasteiger partial charge in [-0.15, -0.1) is 0 Å². The molecule has 2 amide bonds. The van der Waals surface area contributed by atoms with Crippen LogP contribution in [0, 0.1) is 11.8 Å². The molecule has 3 aliphatic heterocycles. The molecular weight excluding hydrogens is 402 g/mol. The largest absolute Gasteiger partial charge is 0.422 e. The van der Waals surface area contributed by atoms with Crippen molar-refractivity contribution in [2.75, 3.05) is 4.90 Å². The fraction of sp³-hybridized carbons (Fsp3) is 0.304. The van der Waals surface area contributed by atoms with Crippen LogP contribution in [0.25, 0.3) is 10.8 Å². The third-order valence-corrected chi connectivity index (χ3v) is 6.00. The maximum Gasteiger partial charge on any atom is 0.305 e. The van der Waals surface area contributed by atoms with Gasteiger partial charge in [0.15, 0.2) is 5.60 Å². The molecule has 8 heteroatoms. The lowest BCUT2D eigenvalue weighted by Gasteiger charge is -2.34. The van der Waals surface area contributed by atoms with Crippen LogP contribution in [-0.2, 0) is 33.4 Å². The van der Waals surface area contributed by atoms with E-state index >= 15 is 0 Å². The first kappa shape index (κ1) is 19.4. The molecule has 2 fully saturated rings. The summed E-state index contributed by atoms with van der Waals surface area (Å²) < 4.78 is 16.4. The highest BCUT2D eigenvalue weighted by molar-refractivity contribution is 6.26. The standard InChI is InChI=1S/C23H19NO7/c1-12(25)29-22(30-13(2)26)23-11-10-17(31-23)18-19(23)21(28)24(20(18)27)16-9-5-7-14-6-3-4-8-15(14)16/h3-11,17-19,22H,1-2H3/t17-,18-,19+,23-/m0/s1. The molecule has 0 saturated carbocycles. The number of ether oxygens (including phenoxy) is 3. The minimum Gasteiger partial charge on any atom is -0.422 e. The lowest BCUT2D eigenvalue weighted by Crippen LogP contribution is -2.52. The van der Waals surface area contributed by atoms with E-state index in [4.69, 9.17) is 14.2 Å². The smallest absolute Gasteiger partial charge is 0.305 e. The number of esters is 2. The summed E-state index contributed by atoms with van der Waals surface area (Å²) in [5.74, 6) is -4.07. The van der Waals surface area contributed by atoms with Gasteiger partial charge in [0.2, 0.25) is 11.8 Å². The number of hydrogen-bond acceptors (Lipinski definition) is 7. The van der Waals surface area contributed by atoms with Gasteiger partial charge < -0.3 is 14.2 Å². The second kappa shape index (κ2) is 6.75. The van der Waals surface area contributed by atoms with E-state index in [0.717, 1.165) is 10.8 Å². The normalized spacial score (nSPS) is 28.5. The Morgan fingerprint density at radius 3 is 2.39 bits per heavy atom. The van der Waals surface area contributed by atoms with E-state index in [9.17, 15) is 19.2 Å². The maximum atomic E-state index is 13.6. The Morgan fingerprint density at radius 2 is 1.68 bits per heavy atom. The van der Waals surface area contributed by atoms with Crippen LogP contribution in [0.15, 0.2) is 54.6 Å². The molecule has 8 nitrogen and oxygen atoms in total. The van der Waals surface area contributed by atoms with Crippen LogP contribution >= 0.6 is 0 Å². The summed E-state index contributed by atoms with van der Waals surface area (Å²) in [7, 11) is 0. The topological polar surface area (TPSA) is 99.2 Å². The number of nitrogens with zero attached hydrogens (tertiary/aromatic N) is 1. The first-order chi connectivity index (χ1) is 14.8. The summed E-state index contributed by atoms with van der Waals surface area (Å²) in [5.41, 5.74) is -1.08. The number of benzene rings is 2. The van der Waals surface area contributed by atoms with Crippen LogP contribution in [0.4, 0.5) is 5.69 Å². The fourth-order valence-corrected chi connectivity index (χ4v) is 4.86. The van der Waals surface area contributed by atoms with Crippen LogP contribution in [0.1, 0.15) is 13.8 Å². The lowest BCUT2D eigenvalue weighted by atomic mass is 9.76. The molecule has 0 radical (unpaired) electrons. The first-order valence-electron chi connectivity index (χ1n) is 9.90. The molecule has 3 heterocycles. The summed E-state index contributed by atoms with van der Waals surface area (Å²) in [6.45, 7) is 2.33.